The lowest BCUT2D eigenvalue weighted by atomic mass is 9.93. The van der Waals surface area contributed by atoms with Gasteiger partial charge in [-0.3, -0.25) is 0 Å². The van der Waals surface area contributed by atoms with Crippen LogP contribution in [0.3, 0.4) is 0 Å². The zero-order chi connectivity index (χ0) is 10.6. The van der Waals surface area contributed by atoms with Crippen LogP contribution >= 0.6 is 0 Å². The summed E-state index contributed by atoms with van der Waals surface area (Å²) >= 11 is 0. The average molecular weight is 193 g/mol. The predicted molar refractivity (Wildman–Crippen MR) is 55.4 cm³/mol. The summed E-state index contributed by atoms with van der Waals surface area (Å²) in [5.41, 5.74) is 8.22. The highest BCUT2D eigenvalue weighted by Gasteiger charge is 2.59. The summed E-state index contributed by atoms with van der Waals surface area (Å²) in [4.78, 5) is 0. The minimum Gasteiger partial charge on any atom is -0.321 e. The Morgan fingerprint density at radius 1 is 1.36 bits per heavy atom. The molecule has 1 nitrogen and oxygen atoms in total. The van der Waals surface area contributed by atoms with Crippen LogP contribution in [0.1, 0.15) is 31.4 Å². The topological polar surface area (TPSA) is 26.0 Å². The van der Waals surface area contributed by atoms with Crippen molar-refractivity contribution in [1.29, 1.82) is 0 Å². The van der Waals surface area contributed by atoms with Crippen LogP contribution in [0.4, 0.5) is 4.39 Å². The van der Waals surface area contributed by atoms with Crippen molar-refractivity contribution in [1.82, 2.24) is 0 Å². The molecule has 1 aliphatic rings. The summed E-state index contributed by atoms with van der Waals surface area (Å²) in [5.74, 6) is -0.187. The lowest BCUT2D eigenvalue weighted by Crippen LogP contribution is -2.26. The third-order valence-electron chi connectivity index (χ3n) is 3.47. The molecular formula is C12H16FN. The van der Waals surface area contributed by atoms with Gasteiger partial charge in [-0.05, 0) is 42.0 Å². The van der Waals surface area contributed by atoms with E-state index in [-0.39, 0.29) is 16.8 Å². The fourth-order valence-electron chi connectivity index (χ4n) is 2.24. The van der Waals surface area contributed by atoms with Crippen molar-refractivity contribution in [3.63, 3.8) is 0 Å². The second kappa shape index (κ2) is 2.57. The molecule has 1 fully saturated rings. The van der Waals surface area contributed by atoms with Gasteiger partial charge in [0.15, 0.2) is 0 Å². The molecular weight excluding hydrogens is 177 g/mol. The monoisotopic (exact) mass is 193 g/mol. The number of rotatable bonds is 1. The molecule has 1 aliphatic carbocycles. The third kappa shape index (κ3) is 1.17. The molecule has 1 saturated carbocycles. The lowest BCUT2D eigenvalue weighted by Gasteiger charge is -2.17. The van der Waals surface area contributed by atoms with Crippen LogP contribution in [-0.2, 0) is 5.54 Å². The fourth-order valence-corrected chi connectivity index (χ4v) is 2.24. The number of hydrogen-bond donors (Lipinski definition) is 1. The molecule has 0 spiro atoms. The minimum absolute atomic E-state index is 0.148. The Hall–Kier alpha value is -0.890. The van der Waals surface area contributed by atoms with E-state index < -0.39 is 0 Å². The summed E-state index contributed by atoms with van der Waals surface area (Å²) in [7, 11) is 0. The van der Waals surface area contributed by atoms with Gasteiger partial charge >= 0.3 is 0 Å². The van der Waals surface area contributed by atoms with E-state index in [1.54, 1.807) is 6.07 Å². The van der Waals surface area contributed by atoms with E-state index in [4.69, 9.17) is 5.73 Å². The largest absolute Gasteiger partial charge is 0.321 e. The van der Waals surface area contributed by atoms with Crippen LogP contribution in [0, 0.1) is 18.2 Å². The highest BCUT2D eigenvalue weighted by molar-refractivity contribution is 5.40. The zero-order valence-corrected chi connectivity index (χ0v) is 8.89. The van der Waals surface area contributed by atoms with Gasteiger partial charge in [-0.2, -0.15) is 0 Å². The van der Waals surface area contributed by atoms with Gasteiger partial charge in [-0.15, -0.1) is 0 Å². The van der Waals surface area contributed by atoms with E-state index in [0.717, 1.165) is 17.5 Å². The standard InChI is InChI=1S/C12H16FN/c1-8-6-9(13)4-5-10(8)12(14)7-11(12,2)3/h4-6H,7,14H2,1-3H3. The average Bonchev–Trinajstić information content (AvgIpc) is 2.50. The molecule has 1 atom stereocenters. The van der Waals surface area contributed by atoms with Crippen molar-refractivity contribution in [2.24, 2.45) is 11.1 Å². The Morgan fingerprint density at radius 2 is 1.93 bits per heavy atom. The maximum absolute atomic E-state index is 12.9. The maximum Gasteiger partial charge on any atom is 0.123 e. The van der Waals surface area contributed by atoms with Gasteiger partial charge in [0.05, 0.1) is 0 Å². The van der Waals surface area contributed by atoms with Gasteiger partial charge in [0.2, 0.25) is 0 Å². The second-order valence-corrected chi connectivity index (χ2v) is 4.99. The van der Waals surface area contributed by atoms with Crippen LogP contribution < -0.4 is 5.73 Å². The number of halogens is 1. The molecule has 0 amide bonds. The molecule has 2 heteroatoms. The van der Waals surface area contributed by atoms with Gasteiger partial charge in [0.1, 0.15) is 5.82 Å². The van der Waals surface area contributed by atoms with E-state index in [0.29, 0.717) is 0 Å². The first kappa shape index (κ1) is 9.66. The normalized spacial score (nSPS) is 28.9. The van der Waals surface area contributed by atoms with Crippen molar-refractivity contribution in [2.75, 3.05) is 0 Å². The SMILES string of the molecule is Cc1cc(F)ccc1C1(N)CC1(C)C. The van der Waals surface area contributed by atoms with Crippen LogP contribution in [0.5, 0.6) is 0 Å². The highest BCUT2D eigenvalue weighted by atomic mass is 19.1. The van der Waals surface area contributed by atoms with Crippen molar-refractivity contribution in [3.8, 4) is 0 Å². The van der Waals surface area contributed by atoms with Crippen molar-refractivity contribution in [2.45, 2.75) is 32.7 Å². The van der Waals surface area contributed by atoms with Crippen LogP contribution in [0.25, 0.3) is 0 Å². The molecule has 0 bridgehead atoms. The molecule has 1 aromatic carbocycles. The molecule has 0 radical (unpaired) electrons. The van der Waals surface area contributed by atoms with Crippen molar-refractivity contribution in [3.05, 3.63) is 35.1 Å². The maximum atomic E-state index is 12.9. The molecule has 0 heterocycles. The van der Waals surface area contributed by atoms with Crippen molar-refractivity contribution >= 4 is 0 Å². The molecule has 0 aromatic heterocycles. The predicted octanol–water partition coefficient (Wildman–Crippen LogP) is 2.72. The van der Waals surface area contributed by atoms with Gasteiger partial charge in [0, 0.05) is 5.54 Å². The van der Waals surface area contributed by atoms with E-state index >= 15 is 0 Å². The fraction of sp³-hybridized carbons (Fsp3) is 0.500. The van der Waals surface area contributed by atoms with Gasteiger partial charge in [0.25, 0.3) is 0 Å². The number of benzene rings is 1. The minimum atomic E-state index is -0.245. The second-order valence-electron chi connectivity index (χ2n) is 4.99. The van der Waals surface area contributed by atoms with Gasteiger partial charge < -0.3 is 5.73 Å². The first-order chi connectivity index (χ1) is 6.37. The molecule has 2 N–H and O–H groups in total. The summed E-state index contributed by atoms with van der Waals surface area (Å²) in [6.07, 6.45) is 0.979. The molecule has 1 aromatic rings. The van der Waals surface area contributed by atoms with Crippen LogP contribution in [0.15, 0.2) is 18.2 Å². The number of hydrogen-bond acceptors (Lipinski definition) is 1. The van der Waals surface area contributed by atoms with Crippen LogP contribution in [-0.4, -0.2) is 0 Å². The van der Waals surface area contributed by atoms with E-state index in [9.17, 15) is 4.39 Å². The molecule has 0 saturated heterocycles. The van der Waals surface area contributed by atoms with E-state index in [1.165, 1.54) is 6.07 Å². The smallest absolute Gasteiger partial charge is 0.123 e. The Kier molecular flexibility index (Phi) is 1.77. The highest BCUT2D eigenvalue weighted by Crippen LogP contribution is 2.60. The Bertz CT molecular complexity index is 384. The Labute approximate surface area is 84.1 Å². The summed E-state index contributed by atoms with van der Waals surface area (Å²) in [6.45, 7) is 6.22. The summed E-state index contributed by atoms with van der Waals surface area (Å²) in [6, 6.07) is 4.86. The third-order valence-corrected chi connectivity index (χ3v) is 3.47. The number of nitrogens with two attached hydrogens (primary N) is 1. The zero-order valence-electron chi connectivity index (χ0n) is 8.89. The van der Waals surface area contributed by atoms with Gasteiger partial charge in [-0.1, -0.05) is 19.9 Å². The Balaban J connectivity index is 2.45. The first-order valence-corrected chi connectivity index (χ1v) is 4.92. The quantitative estimate of drug-likeness (QED) is 0.729. The molecule has 14 heavy (non-hydrogen) atoms. The molecule has 2 rings (SSSR count). The van der Waals surface area contributed by atoms with E-state index in [2.05, 4.69) is 13.8 Å². The molecule has 0 aliphatic heterocycles. The molecule has 76 valence electrons. The summed E-state index contributed by atoms with van der Waals surface area (Å²) < 4.78 is 12.9. The van der Waals surface area contributed by atoms with E-state index in [1.807, 2.05) is 13.0 Å². The van der Waals surface area contributed by atoms with Gasteiger partial charge in [-0.25, -0.2) is 4.39 Å². The Morgan fingerprint density at radius 3 is 2.36 bits per heavy atom. The lowest BCUT2D eigenvalue weighted by molar-refractivity contribution is 0.506. The van der Waals surface area contributed by atoms with Crippen LogP contribution in [0.2, 0.25) is 0 Å². The molecule has 1 unspecified atom stereocenters. The number of aryl methyl sites for hydroxylation is 1. The van der Waals surface area contributed by atoms with Crippen molar-refractivity contribution < 1.29 is 4.39 Å². The summed E-state index contributed by atoms with van der Waals surface area (Å²) in [5, 5.41) is 0. The first-order valence-electron chi connectivity index (χ1n) is 4.92.